The monoisotopic (exact) mass is 513 g/mol. The Morgan fingerprint density at radius 2 is 1.79 bits per heavy atom. The molecule has 3 aliphatic rings. The normalized spacial score (nSPS) is 24.7. The molecule has 0 bridgehead atoms. The predicted octanol–water partition coefficient (Wildman–Crippen LogP) is 2.28. The van der Waals surface area contributed by atoms with Crippen LogP contribution in [0, 0.1) is 11.8 Å². The lowest BCUT2D eigenvalue weighted by Crippen LogP contribution is -2.58. The molecule has 6 rings (SSSR count). The molecule has 0 spiro atoms. The van der Waals surface area contributed by atoms with Gasteiger partial charge in [0.15, 0.2) is 11.4 Å². The third-order valence-electron chi connectivity index (χ3n) is 7.87. The van der Waals surface area contributed by atoms with Crippen molar-refractivity contribution in [1.29, 1.82) is 0 Å². The Bertz CT molecular complexity index is 1600. The molecule has 0 saturated heterocycles. The number of pyridine rings is 1. The smallest absolute Gasteiger partial charge is 0.255 e. The molecule has 3 atom stereocenters. The number of hydrogen-bond donors (Lipinski definition) is 5. The standard InChI is InChI=1S/C28H23N3O7/c29-27(37)23-19(33)11-15-9-14-10-17-16(13-3-6-20(30-12-13)31-7-1-2-8-31)4-5-18(32)22(17)24(34)21(14)25(35)28(15,38)26(23)36/h1-8,12,14-15,32,34,36,38H,9-11H2,(H2,29,37). The number of Topliss-reactive ketones (excluding diaryl/α,β-unsaturated/α-hetero) is 2. The van der Waals surface area contributed by atoms with Gasteiger partial charge in [-0.2, -0.15) is 0 Å². The Morgan fingerprint density at radius 3 is 2.45 bits per heavy atom. The topological polar surface area (TPSA) is 176 Å². The van der Waals surface area contributed by atoms with Gasteiger partial charge in [-0.3, -0.25) is 14.4 Å². The van der Waals surface area contributed by atoms with Gasteiger partial charge in [0, 0.05) is 42.1 Å². The number of nitrogens with two attached hydrogens (primary N) is 1. The molecular formula is C28H23N3O7. The molecule has 192 valence electrons. The quantitative estimate of drug-likeness (QED) is 0.331. The first-order valence-electron chi connectivity index (χ1n) is 12.0. The Balaban J connectivity index is 1.48. The first-order chi connectivity index (χ1) is 18.1. The van der Waals surface area contributed by atoms with Crippen molar-refractivity contribution in [3.63, 3.8) is 0 Å². The SMILES string of the molecule is NC(=O)C1=C(O)C2(O)C(=O)C3=C(O)c4c(O)ccc(-c5ccc(-n6cccc6)nc5)c4CC3CC2CC1=O. The number of hydrogen-bond acceptors (Lipinski definition) is 8. The van der Waals surface area contributed by atoms with Gasteiger partial charge in [0.2, 0.25) is 5.78 Å². The second-order valence-electron chi connectivity index (χ2n) is 9.89. The van der Waals surface area contributed by atoms with E-state index in [1.807, 2.05) is 41.2 Å². The lowest BCUT2D eigenvalue weighted by Gasteiger charge is -2.46. The van der Waals surface area contributed by atoms with Crippen LogP contribution in [-0.4, -0.2) is 53.1 Å². The molecule has 3 aromatic rings. The molecule has 1 fully saturated rings. The first kappa shape index (κ1) is 23.7. The zero-order valence-corrected chi connectivity index (χ0v) is 20.0. The maximum absolute atomic E-state index is 13.6. The van der Waals surface area contributed by atoms with Crippen molar-refractivity contribution in [2.75, 3.05) is 0 Å². The van der Waals surface area contributed by atoms with Crippen molar-refractivity contribution in [1.82, 2.24) is 9.55 Å². The van der Waals surface area contributed by atoms with Gasteiger partial charge in [-0.15, -0.1) is 0 Å². The number of aliphatic hydroxyl groups excluding tert-OH is 2. The van der Waals surface area contributed by atoms with Crippen LogP contribution < -0.4 is 5.73 Å². The Kier molecular flexibility index (Phi) is 5.08. The number of benzene rings is 1. The minimum absolute atomic E-state index is 0.0455. The first-order valence-corrected chi connectivity index (χ1v) is 12.0. The van der Waals surface area contributed by atoms with Crippen molar-refractivity contribution in [2.45, 2.75) is 24.9 Å². The van der Waals surface area contributed by atoms with Gasteiger partial charge in [0.05, 0.1) is 5.56 Å². The summed E-state index contributed by atoms with van der Waals surface area (Å²) in [7, 11) is 0. The van der Waals surface area contributed by atoms with Crippen LogP contribution in [0.25, 0.3) is 22.7 Å². The number of fused-ring (bicyclic) bond motifs is 3. The van der Waals surface area contributed by atoms with Gasteiger partial charge in [-0.05, 0) is 60.2 Å². The third kappa shape index (κ3) is 3.16. The number of phenols is 1. The van der Waals surface area contributed by atoms with Crippen LogP contribution in [0.15, 0.2) is 71.9 Å². The largest absolute Gasteiger partial charge is 0.508 e. The summed E-state index contributed by atoms with van der Waals surface area (Å²) in [6.45, 7) is 0. The summed E-state index contributed by atoms with van der Waals surface area (Å²) < 4.78 is 1.85. The number of carbonyl (C=O) groups is 3. The summed E-state index contributed by atoms with van der Waals surface area (Å²) >= 11 is 0. The number of aromatic hydroxyl groups is 1. The Hall–Kier alpha value is -4.70. The molecule has 1 aromatic carbocycles. The molecule has 2 heterocycles. The van der Waals surface area contributed by atoms with Crippen molar-refractivity contribution in [3.05, 3.63) is 83.0 Å². The highest BCUT2D eigenvalue weighted by Gasteiger charge is 2.60. The van der Waals surface area contributed by atoms with E-state index in [1.165, 1.54) is 6.07 Å². The number of rotatable bonds is 3. The molecule has 3 unspecified atom stereocenters. The summed E-state index contributed by atoms with van der Waals surface area (Å²) in [4.78, 5) is 42.4. The molecular weight excluding hydrogens is 490 g/mol. The number of carbonyl (C=O) groups excluding carboxylic acids is 3. The highest BCUT2D eigenvalue weighted by atomic mass is 16.3. The summed E-state index contributed by atoms with van der Waals surface area (Å²) in [6.07, 6.45) is 5.34. The molecule has 0 aliphatic heterocycles. The highest BCUT2D eigenvalue weighted by Crippen LogP contribution is 2.53. The molecule has 1 saturated carbocycles. The summed E-state index contributed by atoms with van der Waals surface area (Å²) in [5.41, 5.74) is 3.72. The zero-order chi connectivity index (χ0) is 26.9. The maximum Gasteiger partial charge on any atom is 0.255 e. The molecule has 1 amide bonds. The van der Waals surface area contributed by atoms with E-state index in [0.717, 1.165) is 5.56 Å². The predicted molar refractivity (Wildman–Crippen MR) is 134 cm³/mol. The number of aromatic nitrogens is 2. The number of aliphatic hydroxyl groups is 3. The van der Waals surface area contributed by atoms with Crippen LogP contribution in [0.4, 0.5) is 0 Å². The van der Waals surface area contributed by atoms with Gasteiger partial charge < -0.3 is 30.7 Å². The molecule has 0 radical (unpaired) electrons. The van der Waals surface area contributed by atoms with E-state index < -0.39 is 52.0 Å². The highest BCUT2D eigenvalue weighted by molar-refractivity contribution is 6.22. The van der Waals surface area contributed by atoms with E-state index in [-0.39, 0.29) is 36.1 Å². The summed E-state index contributed by atoms with van der Waals surface area (Å²) in [5, 5.41) is 44.0. The van der Waals surface area contributed by atoms with Crippen LogP contribution in [0.3, 0.4) is 0 Å². The fraction of sp³-hybridized carbons (Fsp3) is 0.214. The Labute approximate surface area is 216 Å². The fourth-order valence-corrected chi connectivity index (χ4v) is 6.08. The van der Waals surface area contributed by atoms with Gasteiger partial charge in [-0.25, -0.2) is 4.98 Å². The number of phenolic OH excluding ortho intramolecular Hbond substituents is 1. The molecule has 6 N–H and O–H groups in total. The second kappa shape index (κ2) is 8.15. The van der Waals surface area contributed by atoms with Gasteiger partial charge in [0.25, 0.3) is 5.91 Å². The number of amides is 1. The molecule has 2 aromatic heterocycles. The molecule has 3 aliphatic carbocycles. The van der Waals surface area contributed by atoms with Crippen molar-refractivity contribution in [2.24, 2.45) is 17.6 Å². The van der Waals surface area contributed by atoms with E-state index >= 15 is 0 Å². The van der Waals surface area contributed by atoms with E-state index in [9.17, 15) is 34.8 Å². The van der Waals surface area contributed by atoms with Crippen LogP contribution in [0.1, 0.15) is 24.0 Å². The minimum Gasteiger partial charge on any atom is -0.508 e. The average Bonchev–Trinajstić information content (AvgIpc) is 3.41. The average molecular weight is 514 g/mol. The summed E-state index contributed by atoms with van der Waals surface area (Å²) in [5.74, 6) is -5.81. The lowest BCUT2D eigenvalue weighted by atomic mass is 9.59. The van der Waals surface area contributed by atoms with Crippen LogP contribution in [0.2, 0.25) is 0 Å². The fourth-order valence-electron chi connectivity index (χ4n) is 6.08. The Morgan fingerprint density at radius 1 is 1.05 bits per heavy atom. The number of primary amides is 1. The lowest BCUT2D eigenvalue weighted by molar-refractivity contribution is -0.147. The van der Waals surface area contributed by atoms with Crippen molar-refractivity contribution in [3.8, 4) is 22.7 Å². The zero-order valence-electron chi connectivity index (χ0n) is 20.0. The molecule has 38 heavy (non-hydrogen) atoms. The third-order valence-corrected chi connectivity index (χ3v) is 7.87. The van der Waals surface area contributed by atoms with E-state index in [2.05, 4.69) is 4.98 Å². The van der Waals surface area contributed by atoms with E-state index in [0.29, 0.717) is 16.9 Å². The van der Waals surface area contributed by atoms with E-state index in [1.54, 1.807) is 12.3 Å². The second-order valence-corrected chi connectivity index (χ2v) is 9.89. The van der Waals surface area contributed by atoms with Gasteiger partial charge >= 0.3 is 0 Å². The summed E-state index contributed by atoms with van der Waals surface area (Å²) in [6, 6.07) is 10.6. The van der Waals surface area contributed by atoms with E-state index in [4.69, 9.17) is 5.73 Å². The van der Waals surface area contributed by atoms with Gasteiger partial charge in [-0.1, -0.05) is 6.07 Å². The van der Waals surface area contributed by atoms with Crippen molar-refractivity contribution >= 4 is 23.2 Å². The van der Waals surface area contributed by atoms with Crippen LogP contribution >= 0.6 is 0 Å². The number of nitrogens with zero attached hydrogens (tertiary/aromatic N) is 2. The van der Waals surface area contributed by atoms with Crippen LogP contribution in [0.5, 0.6) is 5.75 Å². The van der Waals surface area contributed by atoms with Gasteiger partial charge in [0.1, 0.15) is 28.7 Å². The maximum atomic E-state index is 13.6. The van der Waals surface area contributed by atoms with Crippen LogP contribution in [-0.2, 0) is 20.8 Å². The van der Waals surface area contributed by atoms with Crippen molar-refractivity contribution < 1.29 is 34.8 Å². The molecule has 10 nitrogen and oxygen atoms in total. The number of ketones is 2. The molecule has 10 heteroatoms. The minimum atomic E-state index is -2.58.